The van der Waals surface area contributed by atoms with Crippen molar-refractivity contribution in [3.63, 3.8) is 0 Å². The standard InChI is InChI=1S/C11H23NOSi/c1-9(2)10(13)12-14(6,7)8-11(3,4)5/h1,8H2,2-7H3,(H,12,13). The van der Waals surface area contributed by atoms with Gasteiger partial charge >= 0.3 is 0 Å². The molecule has 2 nitrogen and oxygen atoms in total. The molecule has 0 aromatic carbocycles. The highest BCUT2D eigenvalue weighted by Crippen LogP contribution is 2.26. The molecule has 0 rings (SSSR count). The summed E-state index contributed by atoms with van der Waals surface area (Å²) >= 11 is 0. The normalized spacial score (nSPS) is 12.4. The Morgan fingerprint density at radius 3 is 2.07 bits per heavy atom. The second-order valence-corrected chi connectivity index (χ2v) is 10.2. The predicted molar refractivity (Wildman–Crippen MR) is 64.7 cm³/mol. The van der Waals surface area contributed by atoms with E-state index >= 15 is 0 Å². The van der Waals surface area contributed by atoms with E-state index in [0.717, 1.165) is 6.04 Å². The van der Waals surface area contributed by atoms with Crippen molar-refractivity contribution in [2.45, 2.75) is 46.8 Å². The summed E-state index contributed by atoms with van der Waals surface area (Å²) in [6.07, 6.45) is 0. The van der Waals surface area contributed by atoms with Crippen LogP contribution in [0.15, 0.2) is 12.2 Å². The van der Waals surface area contributed by atoms with Crippen molar-refractivity contribution < 1.29 is 4.79 Å². The Kier molecular flexibility index (Phi) is 4.12. The van der Waals surface area contributed by atoms with Crippen molar-refractivity contribution in [3.8, 4) is 0 Å². The summed E-state index contributed by atoms with van der Waals surface area (Å²) in [7, 11) is -1.62. The van der Waals surface area contributed by atoms with E-state index in [2.05, 4.69) is 45.4 Å². The van der Waals surface area contributed by atoms with Crippen LogP contribution in [0, 0.1) is 5.41 Å². The summed E-state index contributed by atoms with van der Waals surface area (Å²) in [4.78, 5) is 14.6. The molecule has 1 amide bonds. The molecule has 0 aromatic rings. The van der Waals surface area contributed by atoms with Gasteiger partial charge in [0.25, 0.3) is 0 Å². The van der Waals surface area contributed by atoms with Crippen LogP contribution in [-0.4, -0.2) is 14.1 Å². The molecule has 0 saturated heterocycles. The largest absolute Gasteiger partial charge is 0.378 e. The Hall–Kier alpha value is -0.573. The minimum atomic E-state index is -1.62. The Morgan fingerprint density at radius 1 is 1.36 bits per heavy atom. The molecule has 0 unspecified atom stereocenters. The predicted octanol–water partition coefficient (Wildman–Crippen LogP) is 2.93. The fraction of sp³-hybridized carbons (Fsp3) is 0.727. The van der Waals surface area contributed by atoms with Gasteiger partial charge in [0, 0.05) is 5.57 Å². The minimum Gasteiger partial charge on any atom is -0.378 e. The second-order valence-electron chi connectivity index (χ2n) is 5.86. The van der Waals surface area contributed by atoms with Gasteiger partial charge in [0.2, 0.25) is 5.91 Å². The van der Waals surface area contributed by atoms with Crippen molar-refractivity contribution in [2.24, 2.45) is 5.41 Å². The van der Waals surface area contributed by atoms with Gasteiger partial charge in [-0.25, -0.2) is 0 Å². The second kappa shape index (κ2) is 4.30. The zero-order chi connectivity index (χ0) is 11.6. The molecule has 0 aliphatic carbocycles. The van der Waals surface area contributed by atoms with Crippen molar-refractivity contribution in [2.75, 3.05) is 0 Å². The van der Waals surface area contributed by atoms with Crippen LogP contribution in [0.1, 0.15) is 27.7 Å². The minimum absolute atomic E-state index is 0.00548. The number of nitrogens with one attached hydrogen (secondary N) is 1. The zero-order valence-electron chi connectivity index (χ0n) is 10.3. The van der Waals surface area contributed by atoms with Crippen molar-refractivity contribution >= 4 is 14.1 Å². The first-order chi connectivity index (χ1) is 6.03. The number of hydrogen-bond donors (Lipinski definition) is 1. The lowest BCUT2D eigenvalue weighted by Gasteiger charge is -2.31. The molecule has 0 fully saturated rings. The molecule has 0 aliphatic rings. The van der Waals surface area contributed by atoms with E-state index in [1.54, 1.807) is 6.92 Å². The number of carbonyl (C=O) groups is 1. The number of rotatable bonds is 3. The van der Waals surface area contributed by atoms with Crippen molar-refractivity contribution in [1.82, 2.24) is 4.98 Å². The van der Waals surface area contributed by atoms with Crippen LogP contribution >= 0.6 is 0 Å². The molecule has 14 heavy (non-hydrogen) atoms. The first-order valence-electron chi connectivity index (χ1n) is 5.01. The highest BCUT2D eigenvalue weighted by atomic mass is 28.3. The lowest BCUT2D eigenvalue weighted by atomic mass is 10.0. The summed E-state index contributed by atoms with van der Waals surface area (Å²) in [5.41, 5.74) is 0.873. The topological polar surface area (TPSA) is 29.1 Å². The molecular formula is C11H23NOSi. The van der Waals surface area contributed by atoms with E-state index in [-0.39, 0.29) is 11.3 Å². The fourth-order valence-electron chi connectivity index (χ4n) is 1.78. The molecule has 0 saturated carbocycles. The summed E-state index contributed by atoms with van der Waals surface area (Å²) in [6, 6.07) is 1.08. The average Bonchev–Trinajstić information content (AvgIpc) is 1.78. The molecule has 0 atom stereocenters. The Labute approximate surface area is 88.9 Å². The van der Waals surface area contributed by atoms with Crippen molar-refractivity contribution in [1.29, 1.82) is 0 Å². The Bertz CT molecular complexity index is 238. The average molecular weight is 213 g/mol. The van der Waals surface area contributed by atoms with Gasteiger partial charge in [0.05, 0.1) is 0 Å². The van der Waals surface area contributed by atoms with Gasteiger partial charge in [-0.15, -0.1) is 0 Å². The molecule has 0 spiro atoms. The molecule has 3 heteroatoms. The number of carbonyl (C=O) groups excluding carboxylic acids is 1. The first-order valence-corrected chi connectivity index (χ1v) is 8.22. The van der Waals surface area contributed by atoms with Gasteiger partial charge in [0.15, 0.2) is 8.24 Å². The van der Waals surface area contributed by atoms with E-state index in [9.17, 15) is 4.79 Å². The molecule has 82 valence electrons. The maximum absolute atomic E-state index is 11.5. The van der Waals surface area contributed by atoms with Crippen LogP contribution in [0.3, 0.4) is 0 Å². The molecular weight excluding hydrogens is 190 g/mol. The van der Waals surface area contributed by atoms with Gasteiger partial charge in [-0.3, -0.25) is 4.79 Å². The van der Waals surface area contributed by atoms with E-state index in [1.165, 1.54) is 0 Å². The highest BCUT2D eigenvalue weighted by molar-refractivity contribution is 6.77. The van der Waals surface area contributed by atoms with E-state index in [1.807, 2.05) is 0 Å². The zero-order valence-corrected chi connectivity index (χ0v) is 11.3. The van der Waals surface area contributed by atoms with Gasteiger partial charge in [-0.1, -0.05) is 40.4 Å². The monoisotopic (exact) mass is 213 g/mol. The van der Waals surface area contributed by atoms with Crippen LogP contribution in [0.25, 0.3) is 0 Å². The molecule has 0 aromatic heterocycles. The SMILES string of the molecule is C=C(C)C(=O)N[Si](C)(C)CC(C)(C)C. The van der Waals surface area contributed by atoms with Crippen molar-refractivity contribution in [3.05, 3.63) is 12.2 Å². The van der Waals surface area contributed by atoms with Crippen LogP contribution in [-0.2, 0) is 4.79 Å². The highest BCUT2D eigenvalue weighted by Gasteiger charge is 2.29. The summed E-state index contributed by atoms with van der Waals surface area (Å²) < 4.78 is 0. The van der Waals surface area contributed by atoms with Gasteiger partial charge in [-0.2, -0.15) is 0 Å². The number of hydrogen-bond acceptors (Lipinski definition) is 1. The lowest BCUT2D eigenvalue weighted by Crippen LogP contribution is -2.50. The molecule has 0 aliphatic heterocycles. The summed E-state index contributed by atoms with van der Waals surface area (Å²) in [5.74, 6) is 0.00548. The Morgan fingerprint density at radius 2 is 1.79 bits per heavy atom. The third kappa shape index (κ3) is 5.97. The Balaban J connectivity index is 4.35. The van der Waals surface area contributed by atoms with E-state index in [4.69, 9.17) is 0 Å². The van der Waals surface area contributed by atoms with Gasteiger partial charge < -0.3 is 4.98 Å². The molecule has 1 N–H and O–H groups in total. The van der Waals surface area contributed by atoms with Crippen LogP contribution in [0.4, 0.5) is 0 Å². The van der Waals surface area contributed by atoms with Gasteiger partial charge in [-0.05, 0) is 18.4 Å². The fourth-order valence-corrected chi connectivity index (χ4v) is 5.35. The van der Waals surface area contributed by atoms with E-state index < -0.39 is 8.24 Å². The molecule has 0 radical (unpaired) electrons. The first kappa shape index (κ1) is 13.4. The third-order valence-electron chi connectivity index (χ3n) is 1.81. The van der Waals surface area contributed by atoms with Gasteiger partial charge in [0.1, 0.15) is 0 Å². The maximum atomic E-state index is 11.5. The molecule has 0 bridgehead atoms. The van der Waals surface area contributed by atoms with E-state index in [0.29, 0.717) is 5.57 Å². The molecule has 0 heterocycles. The smallest absolute Gasteiger partial charge is 0.238 e. The summed E-state index contributed by atoms with van der Waals surface area (Å²) in [6.45, 7) is 16.4. The van der Waals surface area contributed by atoms with Crippen LogP contribution in [0.5, 0.6) is 0 Å². The van der Waals surface area contributed by atoms with Crippen LogP contribution < -0.4 is 4.98 Å². The maximum Gasteiger partial charge on any atom is 0.238 e. The van der Waals surface area contributed by atoms with Crippen LogP contribution in [0.2, 0.25) is 19.1 Å². The summed E-state index contributed by atoms with van der Waals surface area (Å²) in [5, 5.41) is 0. The quantitative estimate of drug-likeness (QED) is 0.567. The number of amides is 1. The lowest BCUT2D eigenvalue weighted by molar-refractivity contribution is -0.116. The third-order valence-corrected chi connectivity index (χ3v) is 4.66.